The van der Waals surface area contributed by atoms with Gasteiger partial charge in [0.1, 0.15) is 0 Å². The maximum Gasteiger partial charge on any atom is 0.335 e. The number of rotatable bonds is 6. The van der Waals surface area contributed by atoms with Gasteiger partial charge >= 0.3 is 5.97 Å². The molecule has 5 nitrogen and oxygen atoms in total. The Labute approximate surface area is 125 Å². The summed E-state index contributed by atoms with van der Waals surface area (Å²) in [5.41, 5.74) is 0.752. The Balaban J connectivity index is 1.89. The molecule has 0 spiro atoms. The van der Waals surface area contributed by atoms with E-state index in [1.807, 2.05) is 0 Å². The average Bonchev–Trinajstić information content (AvgIpc) is 2.46. The van der Waals surface area contributed by atoms with Crippen molar-refractivity contribution in [3.8, 4) is 0 Å². The van der Waals surface area contributed by atoms with E-state index in [4.69, 9.17) is 5.11 Å². The summed E-state index contributed by atoms with van der Waals surface area (Å²) in [7, 11) is -3.36. The van der Waals surface area contributed by atoms with Crippen LogP contribution in [0.3, 0.4) is 0 Å². The molecule has 116 valence electrons. The number of carboxylic acids is 1. The van der Waals surface area contributed by atoms with Gasteiger partial charge in [0.25, 0.3) is 0 Å². The van der Waals surface area contributed by atoms with Crippen LogP contribution >= 0.6 is 0 Å². The highest BCUT2D eigenvalue weighted by Gasteiger charge is 2.17. The Morgan fingerprint density at radius 1 is 1.14 bits per heavy atom. The lowest BCUT2D eigenvalue weighted by atomic mass is 9.90. The number of aromatic carboxylic acids is 1. The summed E-state index contributed by atoms with van der Waals surface area (Å²) in [5, 5.41) is 8.81. The number of sulfonamides is 1. The van der Waals surface area contributed by atoms with Crippen LogP contribution in [0.25, 0.3) is 0 Å². The standard InChI is InChI=1S/C15H21NO4S/c17-15(18)14-8-6-13(7-9-14)11-21(19,20)16-10-12-4-2-1-3-5-12/h6-9,12,16H,1-5,10-11H2,(H,17,18). The molecule has 0 aromatic heterocycles. The molecule has 0 saturated heterocycles. The molecule has 2 rings (SSSR count). The topological polar surface area (TPSA) is 83.5 Å². The zero-order valence-electron chi connectivity index (χ0n) is 11.9. The summed E-state index contributed by atoms with van der Waals surface area (Å²) in [6.45, 7) is 0.509. The van der Waals surface area contributed by atoms with Gasteiger partial charge in [0, 0.05) is 6.54 Å². The normalized spacial score (nSPS) is 16.8. The summed E-state index contributed by atoms with van der Waals surface area (Å²) in [6, 6.07) is 5.94. The highest BCUT2D eigenvalue weighted by molar-refractivity contribution is 7.88. The predicted molar refractivity (Wildman–Crippen MR) is 80.6 cm³/mol. The monoisotopic (exact) mass is 311 g/mol. The number of hydrogen-bond acceptors (Lipinski definition) is 3. The van der Waals surface area contributed by atoms with Crippen LogP contribution in [0.2, 0.25) is 0 Å². The molecule has 1 aromatic carbocycles. The van der Waals surface area contributed by atoms with Gasteiger partial charge in [-0.2, -0.15) is 0 Å². The minimum absolute atomic E-state index is 0.111. The third kappa shape index (κ3) is 5.13. The van der Waals surface area contributed by atoms with Gasteiger partial charge < -0.3 is 5.11 Å². The zero-order chi connectivity index (χ0) is 15.3. The van der Waals surface area contributed by atoms with E-state index in [1.165, 1.54) is 31.4 Å². The molecular weight excluding hydrogens is 290 g/mol. The van der Waals surface area contributed by atoms with E-state index in [0.29, 0.717) is 18.0 Å². The van der Waals surface area contributed by atoms with E-state index in [9.17, 15) is 13.2 Å². The van der Waals surface area contributed by atoms with Crippen molar-refractivity contribution in [1.29, 1.82) is 0 Å². The Bertz CT molecular complexity index is 574. The number of carbonyl (C=O) groups is 1. The zero-order valence-corrected chi connectivity index (χ0v) is 12.7. The van der Waals surface area contributed by atoms with Crippen LogP contribution in [-0.4, -0.2) is 26.0 Å². The molecule has 6 heteroatoms. The first-order chi connectivity index (χ1) is 9.96. The molecule has 2 N–H and O–H groups in total. The molecule has 0 heterocycles. The SMILES string of the molecule is O=C(O)c1ccc(CS(=O)(=O)NCC2CCCCC2)cc1. The fourth-order valence-electron chi connectivity index (χ4n) is 2.65. The highest BCUT2D eigenvalue weighted by Crippen LogP contribution is 2.23. The van der Waals surface area contributed by atoms with Gasteiger partial charge in [0.05, 0.1) is 11.3 Å². The molecule has 1 aliphatic rings. The fraction of sp³-hybridized carbons (Fsp3) is 0.533. The quantitative estimate of drug-likeness (QED) is 0.845. The maximum absolute atomic E-state index is 12.0. The third-order valence-electron chi connectivity index (χ3n) is 3.87. The third-order valence-corrected chi connectivity index (χ3v) is 5.19. The fourth-order valence-corrected chi connectivity index (χ4v) is 3.87. The molecule has 0 aliphatic heterocycles. The second-order valence-corrected chi connectivity index (χ2v) is 7.42. The molecule has 0 unspecified atom stereocenters. The highest BCUT2D eigenvalue weighted by atomic mass is 32.2. The second kappa shape index (κ2) is 7.04. The number of carboxylic acid groups (broad SMARTS) is 1. The van der Waals surface area contributed by atoms with Crippen molar-refractivity contribution in [1.82, 2.24) is 4.72 Å². The first-order valence-electron chi connectivity index (χ1n) is 7.26. The van der Waals surface area contributed by atoms with Crippen LogP contribution in [0.1, 0.15) is 48.0 Å². The molecule has 0 radical (unpaired) electrons. The van der Waals surface area contributed by atoms with Gasteiger partial charge in [-0.05, 0) is 36.5 Å². The molecule has 0 bridgehead atoms. The summed E-state index contributed by atoms with van der Waals surface area (Å²) >= 11 is 0. The van der Waals surface area contributed by atoms with Crippen LogP contribution in [0.5, 0.6) is 0 Å². The van der Waals surface area contributed by atoms with Crippen molar-refractivity contribution >= 4 is 16.0 Å². The molecule has 21 heavy (non-hydrogen) atoms. The lowest BCUT2D eigenvalue weighted by molar-refractivity contribution is 0.0697. The predicted octanol–water partition coefficient (Wildman–Crippen LogP) is 2.38. The molecule has 0 amide bonds. The first-order valence-corrected chi connectivity index (χ1v) is 8.91. The molecule has 0 atom stereocenters. The smallest absolute Gasteiger partial charge is 0.335 e. The summed E-state index contributed by atoms with van der Waals surface area (Å²) in [6.07, 6.45) is 5.80. The van der Waals surface area contributed by atoms with Gasteiger partial charge in [0.2, 0.25) is 10.0 Å². The van der Waals surface area contributed by atoms with E-state index in [0.717, 1.165) is 12.8 Å². The van der Waals surface area contributed by atoms with Crippen molar-refractivity contribution in [2.24, 2.45) is 5.92 Å². The van der Waals surface area contributed by atoms with E-state index in [2.05, 4.69) is 4.72 Å². The maximum atomic E-state index is 12.0. The van der Waals surface area contributed by atoms with Crippen molar-refractivity contribution in [2.45, 2.75) is 37.9 Å². The summed E-state index contributed by atoms with van der Waals surface area (Å²) < 4.78 is 26.7. The van der Waals surface area contributed by atoms with Crippen molar-refractivity contribution in [3.05, 3.63) is 35.4 Å². The number of benzene rings is 1. The van der Waals surface area contributed by atoms with Gasteiger partial charge in [-0.15, -0.1) is 0 Å². The Hall–Kier alpha value is -1.40. The van der Waals surface area contributed by atoms with E-state index < -0.39 is 16.0 Å². The van der Waals surface area contributed by atoms with Crippen LogP contribution in [0, 0.1) is 5.92 Å². The Morgan fingerprint density at radius 3 is 2.33 bits per heavy atom. The largest absolute Gasteiger partial charge is 0.478 e. The molecular formula is C15H21NO4S. The van der Waals surface area contributed by atoms with Crippen LogP contribution < -0.4 is 4.72 Å². The first kappa shape index (κ1) is 16.0. The van der Waals surface area contributed by atoms with E-state index in [1.54, 1.807) is 12.1 Å². The van der Waals surface area contributed by atoms with Gasteiger partial charge in [0.15, 0.2) is 0 Å². The minimum atomic E-state index is -3.36. The molecule has 1 saturated carbocycles. The minimum Gasteiger partial charge on any atom is -0.478 e. The average molecular weight is 311 g/mol. The second-order valence-electron chi connectivity index (χ2n) is 5.61. The van der Waals surface area contributed by atoms with Crippen LogP contribution in [0.15, 0.2) is 24.3 Å². The van der Waals surface area contributed by atoms with Gasteiger partial charge in [-0.1, -0.05) is 31.4 Å². The number of hydrogen-bond donors (Lipinski definition) is 2. The van der Waals surface area contributed by atoms with E-state index in [-0.39, 0.29) is 11.3 Å². The van der Waals surface area contributed by atoms with Gasteiger partial charge in [-0.3, -0.25) is 0 Å². The van der Waals surface area contributed by atoms with Gasteiger partial charge in [-0.25, -0.2) is 17.9 Å². The van der Waals surface area contributed by atoms with Crippen molar-refractivity contribution in [2.75, 3.05) is 6.54 Å². The molecule has 1 aromatic rings. The Morgan fingerprint density at radius 2 is 1.76 bits per heavy atom. The van der Waals surface area contributed by atoms with Crippen LogP contribution in [-0.2, 0) is 15.8 Å². The summed E-state index contributed by atoms with van der Waals surface area (Å²) in [4.78, 5) is 10.7. The summed E-state index contributed by atoms with van der Waals surface area (Å²) in [5.74, 6) is -0.678. The lowest BCUT2D eigenvalue weighted by Crippen LogP contribution is -2.31. The molecule has 1 aliphatic carbocycles. The number of nitrogens with one attached hydrogen (secondary N) is 1. The van der Waals surface area contributed by atoms with E-state index >= 15 is 0 Å². The molecule has 1 fully saturated rings. The Kier molecular flexibility index (Phi) is 5.36. The van der Waals surface area contributed by atoms with Crippen LogP contribution in [0.4, 0.5) is 0 Å². The van der Waals surface area contributed by atoms with Crippen molar-refractivity contribution < 1.29 is 18.3 Å². The van der Waals surface area contributed by atoms with Crippen molar-refractivity contribution in [3.63, 3.8) is 0 Å². The lowest BCUT2D eigenvalue weighted by Gasteiger charge is -2.21.